The Kier molecular flexibility index (Phi) is 48.5. The summed E-state index contributed by atoms with van der Waals surface area (Å²) in [6.07, 6.45) is 50.3. The van der Waals surface area contributed by atoms with Crippen molar-refractivity contribution in [2.75, 3.05) is 40.0 Å². The molecule has 0 radical (unpaired) electrons. The van der Waals surface area contributed by atoms with Gasteiger partial charge in [0, 0.05) is 13.2 Å². The first-order chi connectivity index (χ1) is 29.9. The minimum atomic E-state index is -4.25. The van der Waals surface area contributed by atoms with E-state index in [2.05, 4.69) is 26.1 Å². The molecule has 0 amide bonds. The Morgan fingerprint density at radius 3 is 1.13 bits per heavy atom. The molecule has 2 N–H and O–H groups in total. The number of carbonyl (C=O) groups is 1. The van der Waals surface area contributed by atoms with Crippen LogP contribution in [0.1, 0.15) is 278 Å². The predicted octanol–water partition coefficient (Wildman–Crippen LogP) is 16.5. The molecule has 0 aliphatic rings. The van der Waals surface area contributed by atoms with Gasteiger partial charge in [-0.1, -0.05) is 258 Å². The van der Waals surface area contributed by atoms with Gasteiger partial charge in [0.2, 0.25) is 0 Å². The number of likely N-dealkylation sites (N-methyl/N-ethyl adjacent to an activating group) is 1. The first kappa shape index (κ1) is 60.5. The number of ether oxygens (including phenoxy) is 2. The minimum Gasteiger partial charge on any atom is -0.463 e. The molecule has 8 nitrogen and oxygen atoms in total. The van der Waals surface area contributed by atoms with E-state index in [1.807, 2.05) is 0 Å². The van der Waals surface area contributed by atoms with Crippen molar-refractivity contribution in [1.82, 2.24) is 5.32 Å². The first-order valence-electron chi connectivity index (χ1n) is 26.9. The fraction of sp³-hybridized carbons (Fsp3) is 0.981. The highest BCUT2D eigenvalue weighted by Gasteiger charge is 2.26. The Bertz CT molecular complexity index is 896. The summed E-state index contributed by atoms with van der Waals surface area (Å²) in [6.45, 7) is 7.67. The molecule has 1 unspecified atom stereocenters. The Morgan fingerprint density at radius 2 is 0.787 bits per heavy atom. The van der Waals surface area contributed by atoms with Crippen LogP contribution in [-0.2, 0) is 27.9 Å². The van der Waals surface area contributed by atoms with Crippen LogP contribution in [0.4, 0.5) is 0 Å². The lowest BCUT2D eigenvalue weighted by molar-refractivity contribution is -0.154. The number of nitrogens with one attached hydrogen (secondary N) is 1. The molecular formula is C52H106NO7P. The molecular weight excluding hydrogens is 782 g/mol. The SMILES string of the molecule is CCCCCCCCCCCCCCCCO[C@H](COC(=O)C(CCCCCCCCCCCCCC)CCCCCCCCCCCCCC)COP(=O)(O)OCCNC. The van der Waals surface area contributed by atoms with Gasteiger partial charge in [-0.05, 0) is 26.3 Å². The Labute approximate surface area is 380 Å². The Balaban J connectivity index is 4.88. The third kappa shape index (κ3) is 45.9. The molecule has 0 saturated heterocycles. The van der Waals surface area contributed by atoms with Gasteiger partial charge in [0.1, 0.15) is 12.7 Å². The molecule has 0 rings (SSSR count). The van der Waals surface area contributed by atoms with Crippen molar-refractivity contribution in [2.24, 2.45) is 5.92 Å². The number of rotatable bonds is 52. The van der Waals surface area contributed by atoms with E-state index in [9.17, 15) is 14.3 Å². The second kappa shape index (κ2) is 48.9. The van der Waals surface area contributed by atoms with Gasteiger partial charge in [0.15, 0.2) is 0 Å². The van der Waals surface area contributed by atoms with E-state index in [4.69, 9.17) is 18.5 Å². The lowest BCUT2D eigenvalue weighted by Gasteiger charge is -2.22. The molecule has 0 saturated carbocycles. The maximum Gasteiger partial charge on any atom is 0.472 e. The molecule has 9 heteroatoms. The highest BCUT2D eigenvalue weighted by atomic mass is 31.2. The maximum absolute atomic E-state index is 13.6. The molecule has 0 spiro atoms. The Morgan fingerprint density at radius 1 is 0.459 bits per heavy atom. The zero-order valence-electron chi connectivity index (χ0n) is 41.3. The average molecular weight is 888 g/mol. The second-order valence-electron chi connectivity index (χ2n) is 18.5. The molecule has 0 aromatic heterocycles. The van der Waals surface area contributed by atoms with Crippen molar-refractivity contribution in [2.45, 2.75) is 284 Å². The van der Waals surface area contributed by atoms with Gasteiger partial charge >= 0.3 is 13.8 Å². The number of carbonyl (C=O) groups excluding carboxylic acids is 1. The highest BCUT2D eigenvalue weighted by Crippen LogP contribution is 2.43. The standard InChI is InChI=1S/C52H106NO7P/c1-5-8-11-14-17-20-23-26-27-30-33-36-39-42-46-57-51(49-60-61(55,56)59-47-45-53-4)48-58-52(54)50(43-40-37-34-31-28-24-21-18-15-12-9-6-2)44-41-38-35-32-29-25-22-19-16-13-10-7-3/h50-51,53H,5-49H2,1-4H3,(H,55,56)/t51-/m1/s1. The van der Waals surface area contributed by atoms with Crippen molar-refractivity contribution in [3.8, 4) is 0 Å². The molecule has 61 heavy (non-hydrogen) atoms. The van der Waals surface area contributed by atoms with Gasteiger partial charge in [0.25, 0.3) is 0 Å². The van der Waals surface area contributed by atoms with Crippen LogP contribution in [-0.4, -0.2) is 57.0 Å². The molecule has 366 valence electrons. The molecule has 0 bridgehead atoms. The Hall–Kier alpha value is -0.500. The topological polar surface area (TPSA) is 103 Å². The summed E-state index contributed by atoms with van der Waals surface area (Å²) in [4.78, 5) is 23.9. The summed E-state index contributed by atoms with van der Waals surface area (Å²) in [5.41, 5.74) is 0. The number of phosphoric acid groups is 1. The van der Waals surface area contributed by atoms with E-state index in [1.54, 1.807) is 7.05 Å². The third-order valence-electron chi connectivity index (χ3n) is 12.4. The third-order valence-corrected chi connectivity index (χ3v) is 13.4. The number of hydrogen-bond acceptors (Lipinski definition) is 7. The van der Waals surface area contributed by atoms with Crippen LogP contribution in [0.2, 0.25) is 0 Å². The van der Waals surface area contributed by atoms with Crippen LogP contribution in [0.15, 0.2) is 0 Å². The van der Waals surface area contributed by atoms with E-state index < -0.39 is 13.9 Å². The number of unbranched alkanes of at least 4 members (excludes halogenated alkanes) is 35. The van der Waals surface area contributed by atoms with Crippen molar-refractivity contribution in [3.63, 3.8) is 0 Å². The molecule has 0 aromatic carbocycles. The van der Waals surface area contributed by atoms with Gasteiger partial charge in [-0.15, -0.1) is 0 Å². The monoisotopic (exact) mass is 888 g/mol. The predicted molar refractivity (Wildman–Crippen MR) is 262 cm³/mol. The van der Waals surface area contributed by atoms with E-state index >= 15 is 0 Å². The molecule has 0 heterocycles. The van der Waals surface area contributed by atoms with Crippen molar-refractivity contribution < 1.29 is 32.8 Å². The summed E-state index contributed by atoms with van der Waals surface area (Å²) in [5, 5.41) is 2.90. The van der Waals surface area contributed by atoms with Gasteiger partial charge in [0.05, 0.1) is 19.1 Å². The number of hydrogen-bond donors (Lipinski definition) is 2. The van der Waals surface area contributed by atoms with Crippen molar-refractivity contribution in [3.05, 3.63) is 0 Å². The van der Waals surface area contributed by atoms with Crippen LogP contribution >= 0.6 is 7.82 Å². The maximum atomic E-state index is 13.6. The van der Waals surface area contributed by atoms with Gasteiger partial charge in [-0.2, -0.15) is 0 Å². The molecule has 2 atom stereocenters. The summed E-state index contributed by atoms with van der Waals surface area (Å²) < 4.78 is 35.1. The van der Waals surface area contributed by atoms with Crippen molar-refractivity contribution in [1.29, 1.82) is 0 Å². The highest BCUT2D eigenvalue weighted by molar-refractivity contribution is 7.47. The second-order valence-corrected chi connectivity index (χ2v) is 19.9. The number of phosphoric ester groups is 1. The van der Waals surface area contributed by atoms with Crippen LogP contribution in [0, 0.1) is 5.92 Å². The molecule has 0 aromatic rings. The molecule has 0 fully saturated rings. The average Bonchev–Trinajstić information content (AvgIpc) is 3.25. The van der Waals surface area contributed by atoms with Gasteiger partial charge < -0.3 is 19.7 Å². The summed E-state index contributed by atoms with van der Waals surface area (Å²) in [5.74, 6) is -0.277. The van der Waals surface area contributed by atoms with Crippen LogP contribution in [0.5, 0.6) is 0 Å². The summed E-state index contributed by atoms with van der Waals surface area (Å²) in [6, 6.07) is 0. The van der Waals surface area contributed by atoms with E-state index in [-0.39, 0.29) is 31.7 Å². The van der Waals surface area contributed by atoms with Gasteiger partial charge in [-0.3, -0.25) is 13.8 Å². The smallest absolute Gasteiger partial charge is 0.463 e. The summed E-state index contributed by atoms with van der Waals surface area (Å²) in [7, 11) is -2.50. The minimum absolute atomic E-state index is 0.0152. The zero-order chi connectivity index (χ0) is 44.6. The fourth-order valence-electron chi connectivity index (χ4n) is 8.31. The fourth-order valence-corrected chi connectivity index (χ4v) is 9.06. The zero-order valence-corrected chi connectivity index (χ0v) is 42.2. The number of esters is 1. The van der Waals surface area contributed by atoms with Crippen LogP contribution in [0.25, 0.3) is 0 Å². The normalized spacial score (nSPS) is 13.3. The lowest BCUT2D eigenvalue weighted by Crippen LogP contribution is -2.29. The molecule has 0 aliphatic heterocycles. The van der Waals surface area contributed by atoms with Crippen LogP contribution in [0.3, 0.4) is 0 Å². The summed E-state index contributed by atoms with van der Waals surface area (Å²) >= 11 is 0. The van der Waals surface area contributed by atoms with E-state index in [0.717, 1.165) is 51.4 Å². The van der Waals surface area contributed by atoms with E-state index in [1.165, 1.54) is 205 Å². The first-order valence-corrected chi connectivity index (χ1v) is 28.4. The van der Waals surface area contributed by atoms with Crippen LogP contribution < -0.4 is 5.32 Å². The van der Waals surface area contributed by atoms with Crippen molar-refractivity contribution >= 4 is 13.8 Å². The largest absolute Gasteiger partial charge is 0.472 e. The quantitative estimate of drug-likeness (QED) is 0.0354. The van der Waals surface area contributed by atoms with E-state index in [0.29, 0.717) is 13.2 Å². The van der Waals surface area contributed by atoms with Gasteiger partial charge in [-0.25, -0.2) is 4.57 Å². The molecule has 0 aliphatic carbocycles. The lowest BCUT2D eigenvalue weighted by atomic mass is 9.94.